The van der Waals surface area contributed by atoms with Crippen molar-refractivity contribution in [2.24, 2.45) is 5.16 Å². The summed E-state index contributed by atoms with van der Waals surface area (Å²) < 4.78 is 5.70. The van der Waals surface area contributed by atoms with Gasteiger partial charge in [-0.25, -0.2) is 0 Å². The predicted octanol–water partition coefficient (Wildman–Crippen LogP) is 3.11. The zero-order valence-corrected chi connectivity index (χ0v) is 10.3. The van der Waals surface area contributed by atoms with Gasteiger partial charge in [-0.3, -0.25) is 0 Å². The first kappa shape index (κ1) is 13.1. The van der Waals surface area contributed by atoms with E-state index in [1.807, 2.05) is 30.3 Å². The SMILES string of the molecule is ON=CC(OCc1ccccc1)c1ccc(O)cc1. The number of rotatable bonds is 5. The molecule has 1 unspecified atom stereocenters. The topological polar surface area (TPSA) is 62.1 Å². The Balaban J connectivity index is 2.06. The van der Waals surface area contributed by atoms with E-state index in [1.54, 1.807) is 24.3 Å². The van der Waals surface area contributed by atoms with Crippen molar-refractivity contribution in [1.29, 1.82) is 0 Å². The second kappa shape index (κ2) is 6.56. The fraction of sp³-hybridized carbons (Fsp3) is 0.133. The lowest BCUT2D eigenvalue weighted by atomic mass is 10.1. The van der Waals surface area contributed by atoms with Crippen molar-refractivity contribution >= 4 is 6.21 Å². The number of oxime groups is 1. The maximum absolute atomic E-state index is 9.25. The van der Waals surface area contributed by atoms with Crippen LogP contribution in [0.25, 0.3) is 0 Å². The minimum Gasteiger partial charge on any atom is -0.508 e. The number of hydrogen-bond donors (Lipinski definition) is 2. The van der Waals surface area contributed by atoms with Crippen LogP contribution in [0.5, 0.6) is 5.75 Å². The number of nitrogens with zero attached hydrogens (tertiary/aromatic N) is 1. The van der Waals surface area contributed by atoms with Crippen molar-refractivity contribution in [2.75, 3.05) is 0 Å². The Morgan fingerprint density at radius 3 is 2.37 bits per heavy atom. The van der Waals surface area contributed by atoms with E-state index in [4.69, 9.17) is 9.94 Å². The molecule has 19 heavy (non-hydrogen) atoms. The van der Waals surface area contributed by atoms with Crippen LogP contribution in [0.1, 0.15) is 17.2 Å². The normalized spacial score (nSPS) is 12.6. The third-order valence-corrected chi connectivity index (χ3v) is 2.70. The van der Waals surface area contributed by atoms with E-state index in [-0.39, 0.29) is 5.75 Å². The van der Waals surface area contributed by atoms with Crippen molar-refractivity contribution < 1.29 is 15.1 Å². The summed E-state index contributed by atoms with van der Waals surface area (Å²) in [5.74, 6) is 0.187. The highest BCUT2D eigenvalue weighted by atomic mass is 16.5. The molecule has 1 atom stereocenters. The number of ether oxygens (including phenoxy) is 1. The number of benzene rings is 2. The van der Waals surface area contributed by atoms with Crippen LogP contribution in [0.4, 0.5) is 0 Å². The van der Waals surface area contributed by atoms with Gasteiger partial charge in [0.1, 0.15) is 11.9 Å². The molecule has 0 saturated carbocycles. The fourth-order valence-electron chi connectivity index (χ4n) is 1.71. The zero-order valence-electron chi connectivity index (χ0n) is 10.3. The van der Waals surface area contributed by atoms with Gasteiger partial charge in [-0.05, 0) is 23.3 Å². The molecule has 0 spiro atoms. The van der Waals surface area contributed by atoms with Gasteiger partial charge in [0.05, 0.1) is 12.8 Å². The molecule has 2 aromatic rings. The van der Waals surface area contributed by atoms with Gasteiger partial charge in [0, 0.05) is 0 Å². The van der Waals surface area contributed by atoms with Crippen LogP contribution < -0.4 is 0 Å². The minimum absolute atomic E-state index is 0.187. The van der Waals surface area contributed by atoms with Crippen LogP contribution in [-0.4, -0.2) is 16.5 Å². The molecule has 0 aliphatic carbocycles. The lowest BCUT2D eigenvalue weighted by molar-refractivity contribution is 0.0855. The van der Waals surface area contributed by atoms with Gasteiger partial charge in [0.25, 0.3) is 0 Å². The van der Waals surface area contributed by atoms with Crippen LogP contribution in [-0.2, 0) is 11.3 Å². The molecule has 0 aliphatic heterocycles. The second-order valence-corrected chi connectivity index (χ2v) is 4.07. The highest BCUT2D eigenvalue weighted by molar-refractivity contribution is 5.65. The average molecular weight is 257 g/mol. The van der Waals surface area contributed by atoms with Crippen LogP contribution in [0.3, 0.4) is 0 Å². The molecule has 4 heteroatoms. The highest BCUT2D eigenvalue weighted by Crippen LogP contribution is 2.20. The summed E-state index contributed by atoms with van der Waals surface area (Å²) in [4.78, 5) is 0. The number of phenols is 1. The first-order valence-electron chi connectivity index (χ1n) is 5.91. The largest absolute Gasteiger partial charge is 0.508 e. The van der Waals surface area contributed by atoms with Gasteiger partial charge < -0.3 is 15.1 Å². The standard InChI is InChI=1S/C15H15NO3/c17-14-8-6-13(7-9-14)15(10-16-18)19-11-12-4-2-1-3-5-12/h1-10,15,17-18H,11H2. The fourth-order valence-corrected chi connectivity index (χ4v) is 1.71. The quantitative estimate of drug-likeness (QED) is 0.491. The Labute approximate surface area is 111 Å². The summed E-state index contributed by atoms with van der Waals surface area (Å²) in [5.41, 5.74) is 1.85. The van der Waals surface area contributed by atoms with Gasteiger partial charge in [0.2, 0.25) is 0 Å². The lowest BCUT2D eigenvalue weighted by Gasteiger charge is -2.13. The molecule has 0 saturated heterocycles. The van der Waals surface area contributed by atoms with Crippen LogP contribution in [0, 0.1) is 0 Å². The Morgan fingerprint density at radius 1 is 1.05 bits per heavy atom. The van der Waals surface area contributed by atoms with Crippen molar-refractivity contribution in [2.45, 2.75) is 12.7 Å². The maximum Gasteiger partial charge on any atom is 0.121 e. The smallest absolute Gasteiger partial charge is 0.121 e. The molecule has 2 rings (SSSR count). The predicted molar refractivity (Wildman–Crippen MR) is 72.4 cm³/mol. The van der Waals surface area contributed by atoms with Gasteiger partial charge in [-0.2, -0.15) is 0 Å². The van der Waals surface area contributed by atoms with E-state index in [0.717, 1.165) is 11.1 Å². The summed E-state index contributed by atoms with van der Waals surface area (Å²) in [6, 6.07) is 16.3. The molecule has 4 nitrogen and oxygen atoms in total. The first-order valence-corrected chi connectivity index (χ1v) is 5.91. The third-order valence-electron chi connectivity index (χ3n) is 2.70. The van der Waals surface area contributed by atoms with Crippen molar-refractivity contribution in [1.82, 2.24) is 0 Å². The van der Waals surface area contributed by atoms with Gasteiger partial charge in [0.15, 0.2) is 0 Å². The van der Waals surface area contributed by atoms with Crippen molar-refractivity contribution in [3.05, 3.63) is 65.7 Å². The van der Waals surface area contributed by atoms with Gasteiger partial charge in [-0.15, -0.1) is 0 Å². The molecular formula is C15H15NO3. The van der Waals surface area contributed by atoms with Crippen LogP contribution in [0.2, 0.25) is 0 Å². The first-order chi connectivity index (χ1) is 9.29. The molecule has 0 aliphatic rings. The zero-order chi connectivity index (χ0) is 13.5. The summed E-state index contributed by atoms with van der Waals surface area (Å²) >= 11 is 0. The van der Waals surface area contributed by atoms with Gasteiger partial charge >= 0.3 is 0 Å². The van der Waals surface area contributed by atoms with E-state index in [0.29, 0.717) is 6.61 Å². The number of aromatic hydroxyl groups is 1. The minimum atomic E-state index is -0.453. The Kier molecular flexibility index (Phi) is 4.53. The monoisotopic (exact) mass is 257 g/mol. The molecule has 0 amide bonds. The summed E-state index contributed by atoms with van der Waals surface area (Å²) in [6.07, 6.45) is 0.862. The Morgan fingerprint density at radius 2 is 1.74 bits per heavy atom. The molecule has 2 aromatic carbocycles. The second-order valence-electron chi connectivity index (χ2n) is 4.07. The molecular weight excluding hydrogens is 242 g/mol. The van der Waals surface area contributed by atoms with Crippen LogP contribution >= 0.6 is 0 Å². The summed E-state index contributed by atoms with van der Waals surface area (Å²) in [6.45, 7) is 0.415. The van der Waals surface area contributed by atoms with E-state index in [9.17, 15) is 5.11 Å². The number of phenolic OH excluding ortho intramolecular Hbond substituents is 1. The maximum atomic E-state index is 9.25. The van der Waals surface area contributed by atoms with E-state index in [2.05, 4.69) is 5.16 Å². The number of hydrogen-bond acceptors (Lipinski definition) is 4. The Hall–Kier alpha value is -2.33. The molecule has 0 fully saturated rings. The van der Waals surface area contributed by atoms with E-state index < -0.39 is 6.10 Å². The Bertz CT molecular complexity index is 523. The third kappa shape index (κ3) is 3.82. The molecule has 98 valence electrons. The lowest BCUT2D eigenvalue weighted by Crippen LogP contribution is -2.06. The molecule has 0 heterocycles. The van der Waals surface area contributed by atoms with E-state index in [1.165, 1.54) is 6.21 Å². The molecule has 0 bridgehead atoms. The molecule has 0 radical (unpaired) electrons. The summed E-state index contributed by atoms with van der Waals surface area (Å²) in [5, 5.41) is 21.0. The van der Waals surface area contributed by atoms with E-state index >= 15 is 0 Å². The summed E-state index contributed by atoms with van der Waals surface area (Å²) in [7, 11) is 0. The van der Waals surface area contributed by atoms with Crippen molar-refractivity contribution in [3.8, 4) is 5.75 Å². The molecule has 2 N–H and O–H groups in total. The average Bonchev–Trinajstić information content (AvgIpc) is 2.46. The van der Waals surface area contributed by atoms with Crippen LogP contribution in [0.15, 0.2) is 59.8 Å². The highest BCUT2D eigenvalue weighted by Gasteiger charge is 2.10. The molecule has 0 aromatic heterocycles. The van der Waals surface area contributed by atoms with Crippen molar-refractivity contribution in [3.63, 3.8) is 0 Å². The van der Waals surface area contributed by atoms with Gasteiger partial charge in [-0.1, -0.05) is 47.6 Å².